The predicted octanol–water partition coefficient (Wildman–Crippen LogP) is 3.54. The number of hydrogen-bond acceptors (Lipinski definition) is 4. The molecule has 0 aliphatic heterocycles. The van der Waals surface area contributed by atoms with Crippen LogP contribution >= 0.6 is 11.6 Å². The topological polar surface area (TPSA) is 48.2 Å². The largest absolute Gasteiger partial charge is 0.484 e. The summed E-state index contributed by atoms with van der Waals surface area (Å²) in [5, 5.41) is 9.92. The van der Waals surface area contributed by atoms with Crippen molar-refractivity contribution in [3.8, 4) is 5.75 Å². The fraction of sp³-hybridized carbons (Fsp3) is 0.143. The molecule has 0 radical (unpaired) electrons. The van der Waals surface area contributed by atoms with Crippen LogP contribution in [0.15, 0.2) is 46.9 Å². The Morgan fingerprint density at radius 2 is 1.79 bits per heavy atom. The van der Waals surface area contributed by atoms with Crippen molar-refractivity contribution in [3.05, 3.63) is 54.2 Å². The molecule has 0 N–H and O–H groups in total. The highest BCUT2D eigenvalue weighted by molar-refractivity contribution is 6.16. The van der Waals surface area contributed by atoms with Crippen LogP contribution in [0.5, 0.6) is 5.75 Å². The van der Waals surface area contributed by atoms with Gasteiger partial charge in [-0.2, -0.15) is 0 Å². The van der Waals surface area contributed by atoms with E-state index in [9.17, 15) is 0 Å². The zero-order valence-corrected chi connectivity index (χ0v) is 10.8. The maximum Gasteiger partial charge on any atom is 0.253 e. The Hall–Kier alpha value is -2.07. The van der Waals surface area contributed by atoms with Crippen molar-refractivity contribution < 1.29 is 9.15 Å². The number of nitrogens with zero attached hydrogens (tertiary/aromatic N) is 2. The molecular weight excluding hydrogens is 264 g/mol. The van der Waals surface area contributed by atoms with Crippen molar-refractivity contribution in [3.63, 3.8) is 0 Å². The van der Waals surface area contributed by atoms with Crippen molar-refractivity contribution in [2.45, 2.75) is 12.5 Å². The lowest BCUT2D eigenvalue weighted by Gasteiger charge is -2.04. The van der Waals surface area contributed by atoms with Gasteiger partial charge in [-0.25, -0.2) is 0 Å². The van der Waals surface area contributed by atoms with E-state index < -0.39 is 0 Å². The highest BCUT2D eigenvalue weighted by Gasteiger charge is 2.05. The molecular formula is C14H11ClN2O2. The summed E-state index contributed by atoms with van der Waals surface area (Å²) in [5.74, 6) is 1.80. The molecule has 0 saturated carbocycles. The molecule has 0 fully saturated rings. The van der Waals surface area contributed by atoms with Gasteiger partial charge in [0.2, 0.25) is 5.89 Å². The van der Waals surface area contributed by atoms with Gasteiger partial charge in [0.1, 0.15) is 11.6 Å². The maximum absolute atomic E-state index is 5.62. The molecule has 0 atom stereocenters. The molecule has 19 heavy (non-hydrogen) atoms. The molecule has 1 aromatic heterocycles. The molecule has 0 aliphatic rings. The van der Waals surface area contributed by atoms with Crippen LogP contribution in [0.2, 0.25) is 0 Å². The van der Waals surface area contributed by atoms with Crippen LogP contribution in [-0.4, -0.2) is 10.2 Å². The molecule has 3 rings (SSSR count). The standard InChI is InChI=1S/C14H11ClN2O2/c15-8-13-16-17-14(19-13)9-18-12-6-5-10-3-1-2-4-11(10)7-12/h1-7H,8-9H2. The molecule has 5 heteroatoms. The van der Waals surface area contributed by atoms with Crippen molar-refractivity contribution in [2.75, 3.05) is 0 Å². The van der Waals surface area contributed by atoms with Gasteiger partial charge in [-0.15, -0.1) is 21.8 Å². The molecule has 2 aromatic carbocycles. The van der Waals surface area contributed by atoms with E-state index >= 15 is 0 Å². The predicted molar refractivity (Wildman–Crippen MR) is 72.1 cm³/mol. The lowest BCUT2D eigenvalue weighted by molar-refractivity contribution is 0.260. The molecule has 0 spiro atoms. The van der Waals surface area contributed by atoms with E-state index in [0.29, 0.717) is 11.8 Å². The lowest BCUT2D eigenvalue weighted by atomic mass is 10.1. The minimum Gasteiger partial charge on any atom is -0.484 e. The van der Waals surface area contributed by atoms with Crippen molar-refractivity contribution in [1.82, 2.24) is 10.2 Å². The molecule has 0 saturated heterocycles. The van der Waals surface area contributed by atoms with Crippen LogP contribution in [0.25, 0.3) is 10.8 Å². The summed E-state index contributed by atoms with van der Waals surface area (Å²) in [7, 11) is 0. The van der Waals surface area contributed by atoms with Crippen LogP contribution in [0, 0.1) is 0 Å². The van der Waals surface area contributed by atoms with Gasteiger partial charge in [0.05, 0.1) is 0 Å². The van der Waals surface area contributed by atoms with Gasteiger partial charge in [0, 0.05) is 0 Å². The van der Waals surface area contributed by atoms with Crippen LogP contribution in [0.1, 0.15) is 11.8 Å². The van der Waals surface area contributed by atoms with E-state index in [1.807, 2.05) is 36.4 Å². The molecule has 1 heterocycles. The number of ether oxygens (including phenoxy) is 1. The second-order valence-electron chi connectivity index (χ2n) is 4.02. The average molecular weight is 275 g/mol. The number of alkyl halides is 1. The summed E-state index contributed by atoms with van der Waals surface area (Å²) in [6.07, 6.45) is 0. The molecule has 4 nitrogen and oxygen atoms in total. The van der Waals surface area contributed by atoms with Crippen LogP contribution in [-0.2, 0) is 12.5 Å². The zero-order valence-electron chi connectivity index (χ0n) is 10.0. The first kappa shape index (κ1) is 12.0. The maximum atomic E-state index is 5.62. The second kappa shape index (κ2) is 5.28. The number of hydrogen-bond donors (Lipinski definition) is 0. The number of fused-ring (bicyclic) bond motifs is 1. The SMILES string of the molecule is ClCc1nnc(COc2ccc3ccccc3c2)o1. The van der Waals surface area contributed by atoms with Gasteiger partial charge < -0.3 is 9.15 Å². The first-order valence-corrected chi connectivity index (χ1v) is 6.37. The van der Waals surface area contributed by atoms with Crippen molar-refractivity contribution >= 4 is 22.4 Å². The summed E-state index contributed by atoms with van der Waals surface area (Å²) >= 11 is 5.59. The summed E-state index contributed by atoms with van der Waals surface area (Å²) in [5.41, 5.74) is 0. The first-order valence-electron chi connectivity index (χ1n) is 5.84. The quantitative estimate of drug-likeness (QED) is 0.683. The van der Waals surface area contributed by atoms with Gasteiger partial charge in [0.25, 0.3) is 5.89 Å². The highest BCUT2D eigenvalue weighted by atomic mass is 35.5. The summed E-state index contributed by atoms with van der Waals surface area (Å²) in [4.78, 5) is 0. The number of benzene rings is 2. The summed E-state index contributed by atoms with van der Waals surface area (Å²) in [6.45, 7) is 0.238. The van der Waals surface area contributed by atoms with Gasteiger partial charge >= 0.3 is 0 Å². The molecule has 0 amide bonds. The fourth-order valence-electron chi connectivity index (χ4n) is 1.80. The number of halogens is 1. The summed E-state index contributed by atoms with van der Waals surface area (Å²) in [6, 6.07) is 14.0. The Morgan fingerprint density at radius 3 is 2.58 bits per heavy atom. The van der Waals surface area contributed by atoms with Crippen molar-refractivity contribution in [1.29, 1.82) is 0 Å². The molecule has 0 unspecified atom stereocenters. The zero-order chi connectivity index (χ0) is 13.1. The monoisotopic (exact) mass is 274 g/mol. The molecule has 0 bridgehead atoms. The minimum atomic E-state index is 0.211. The Balaban J connectivity index is 1.74. The van der Waals surface area contributed by atoms with E-state index in [4.69, 9.17) is 20.8 Å². The van der Waals surface area contributed by atoms with E-state index in [-0.39, 0.29) is 12.5 Å². The third-order valence-electron chi connectivity index (χ3n) is 2.71. The number of aromatic nitrogens is 2. The molecule has 3 aromatic rings. The van der Waals surface area contributed by atoms with E-state index in [2.05, 4.69) is 16.3 Å². The van der Waals surface area contributed by atoms with Crippen LogP contribution < -0.4 is 4.74 Å². The van der Waals surface area contributed by atoms with E-state index in [1.54, 1.807) is 0 Å². The van der Waals surface area contributed by atoms with E-state index in [1.165, 1.54) is 5.39 Å². The van der Waals surface area contributed by atoms with Crippen molar-refractivity contribution in [2.24, 2.45) is 0 Å². The Labute approximate surface area is 115 Å². The Kier molecular flexibility index (Phi) is 3.33. The lowest BCUT2D eigenvalue weighted by Crippen LogP contribution is -1.95. The molecule has 0 aliphatic carbocycles. The summed E-state index contributed by atoms with van der Waals surface area (Å²) < 4.78 is 10.9. The van der Waals surface area contributed by atoms with Gasteiger partial charge in [-0.1, -0.05) is 30.3 Å². The second-order valence-corrected chi connectivity index (χ2v) is 4.29. The third-order valence-corrected chi connectivity index (χ3v) is 2.93. The highest BCUT2D eigenvalue weighted by Crippen LogP contribution is 2.21. The Bertz CT molecular complexity index is 696. The van der Waals surface area contributed by atoms with Gasteiger partial charge in [0.15, 0.2) is 6.61 Å². The van der Waals surface area contributed by atoms with Crippen LogP contribution in [0.4, 0.5) is 0 Å². The fourth-order valence-corrected chi connectivity index (χ4v) is 1.91. The third kappa shape index (κ3) is 2.69. The average Bonchev–Trinajstić information content (AvgIpc) is 2.93. The van der Waals surface area contributed by atoms with Gasteiger partial charge in [-0.3, -0.25) is 0 Å². The van der Waals surface area contributed by atoms with Crippen LogP contribution in [0.3, 0.4) is 0 Å². The smallest absolute Gasteiger partial charge is 0.253 e. The normalized spacial score (nSPS) is 10.8. The van der Waals surface area contributed by atoms with Gasteiger partial charge in [-0.05, 0) is 22.9 Å². The molecule has 96 valence electrons. The van der Waals surface area contributed by atoms with E-state index in [0.717, 1.165) is 11.1 Å². The minimum absolute atomic E-state index is 0.211. The Morgan fingerprint density at radius 1 is 1.00 bits per heavy atom. The first-order chi connectivity index (χ1) is 9.35. The number of rotatable bonds is 4.